The first kappa shape index (κ1) is 33.5. The van der Waals surface area contributed by atoms with Gasteiger partial charge in [0.1, 0.15) is 12.6 Å². The summed E-state index contributed by atoms with van der Waals surface area (Å²) in [6.45, 7) is 6.33. The van der Waals surface area contributed by atoms with E-state index in [1.807, 2.05) is 98.8 Å². The summed E-state index contributed by atoms with van der Waals surface area (Å²) < 4.78 is 11.5. The summed E-state index contributed by atoms with van der Waals surface area (Å²) in [5.74, 6) is -0.940. The van der Waals surface area contributed by atoms with Gasteiger partial charge >= 0.3 is 12.2 Å². The van der Waals surface area contributed by atoms with Crippen LogP contribution in [0.5, 0.6) is 0 Å². The number of carboxylic acid groups (broad SMARTS) is 1. The van der Waals surface area contributed by atoms with Crippen LogP contribution in [0.1, 0.15) is 42.9 Å². The van der Waals surface area contributed by atoms with Crippen molar-refractivity contribution in [1.82, 2.24) is 15.1 Å². The van der Waals surface area contributed by atoms with Gasteiger partial charge in [0, 0.05) is 38.3 Å². The second-order valence-corrected chi connectivity index (χ2v) is 11.1. The summed E-state index contributed by atoms with van der Waals surface area (Å²) in [5.41, 5.74) is 3.25. The van der Waals surface area contributed by atoms with Gasteiger partial charge in [-0.2, -0.15) is 0 Å². The highest BCUT2D eigenvalue weighted by Crippen LogP contribution is 2.32. The van der Waals surface area contributed by atoms with Gasteiger partial charge in [0.25, 0.3) is 0 Å². The smallest absolute Gasteiger partial charge is 0.409 e. The number of likely N-dealkylation sites (N-methyl/N-ethyl adjacent to an activating group) is 1. The molecule has 1 aliphatic heterocycles. The average molecular weight is 617 g/mol. The van der Waals surface area contributed by atoms with E-state index < -0.39 is 24.0 Å². The van der Waals surface area contributed by atoms with Gasteiger partial charge in [0.15, 0.2) is 0 Å². The first-order chi connectivity index (χ1) is 21.8. The lowest BCUT2D eigenvalue weighted by Gasteiger charge is -2.33. The number of nitrogens with one attached hydrogen (secondary N) is 2. The van der Waals surface area contributed by atoms with Gasteiger partial charge in [-0.1, -0.05) is 78.9 Å². The van der Waals surface area contributed by atoms with E-state index in [0.29, 0.717) is 44.8 Å². The van der Waals surface area contributed by atoms with Gasteiger partial charge in [-0.15, -0.1) is 0 Å². The van der Waals surface area contributed by atoms with E-state index in [-0.39, 0.29) is 24.8 Å². The van der Waals surface area contributed by atoms with Crippen molar-refractivity contribution in [2.24, 2.45) is 0 Å². The SMILES string of the molecule is CCN(CC)C(=O)OC[C@@H]1CO[C@H](CCc2ccccc2NC(=O)[C@H](C(c2ccccc2)c2ccccc2)N(C)C(=O)O)CN1. The number of carbonyl (C=O) groups is 3. The first-order valence-corrected chi connectivity index (χ1v) is 15.5. The lowest BCUT2D eigenvalue weighted by molar-refractivity contribution is -0.120. The Labute approximate surface area is 265 Å². The molecular formula is C35H44N4O6. The molecule has 10 nitrogen and oxygen atoms in total. The Morgan fingerprint density at radius 1 is 0.956 bits per heavy atom. The van der Waals surface area contributed by atoms with Crippen molar-refractivity contribution in [3.63, 3.8) is 0 Å². The molecule has 3 atom stereocenters. The van der Waals surface area contributed by atoms with Crippen LogP contribution in [-0.2, 0) is 20.7 Å². The minimum atomic E-state index is -1.19. The van der Waals surface area contributed by atoms with Gasteiger partial charge in [0.2, 0.25) is 5.91 Å². The fraction of sp³-hybridized carbons (Fsp3) is 0.400. The van der Waals surface area contributed by atoms with Crippen molar-refractivity contribution in [3.05, 3.63) is 102 Å². The summed E-state index contributed by atoms with van der Waals surface area (Å²) in [6, 6.07) is 25.5. The maximum absolute atomic E-state index is 14.0. The van der Waals surface area contributed by atoms with Crippen LogP contribution in [0, 0.1) is 0 Å². The van der Waals surface area contributed by atoms with Gasteiger partial charge in [-0.3, -0.25) is 9.69 Å². The number of ether oxygens (including phenoxy) is 2. The predicted octanol–water partition coefficient (Wildman–Crippen LogP) is 5.20. The monoisotopic (exact) mass is 616 g/mol. The molecule has 3 N–H and O–H groups in total. The summed E-state index contributed by atoms with van der Waals surface area (Å²) in [5, 5.41) is 16.5. The Bertz CT molecular complexity index is 1340. The molecule has 0 bridgehead atoms. The normalized spacial score (nSPS) is 16.9. The summed E-state index contributed by atoms with van der Waals surface area (Å²) >= 11 is 0. The van der Waals surface area contributed by atoms with Crippen LogP contribution < -0.4 is 10.6 Å². The molecule has 1 heterocycles. The molecule has 3 aromatic rings. The van der Waals surface area contributed by atoms with Crippen LogP contribution in [0.4, 0.5) is 15.3 Å². The quantitative estimate of drug-likeness (QED) is 0.241. The van der Waals surface area contributed by atoms with Crippen LogP contribution >= 0.6 is 0 Å². The Hall–Kier alpha value is -4.41. The maximum atomic E-state index is 14.0. The lowest BCUT2D eigenvalue weighted by Crippen LogP contribution is -2.49. The van der Waals surface area contributed by atoms with Gasteiger partial charge in [0.05, 0.1) is 18.8 Å². The number of nitrogens with zero attached hydrogens (tertiary/aromatic N) is 2. The fourth-order valence-corrected chi connectivity index (χ4v) is 5.64. The Morgan fingerprint density at radius 2 is 1.56 bits per heavy atom. The van der Waals surface area contributed by atoms with Crippen molar-refractivity contribution >= 4 is 23.8 Å². The molecule has 10 heteroatoms. The van der Waals surface area contributed by atoms with E-state index in [9.17, 15) is 19.5 Å². The van der Waals surface area contributed by atoms with E-state index in [0.717, 1.165) is 21.6 Å². The zero-order valence-corrected chi connectivity index (χ0v) is 26.2. The summed E-state index contributed by atoms with van der Waals surface area (Å²) in [6.07, 6.45) is -0.206. The molecule has 4 rings (SSSR count). The van der Waals surface area contributed by atoms with E-state index in [1.54, 1.807) is 4.90 Å². The average Bonchev–Trinajstić information content (AvgIpc) is 3.07. The van der Waals surface area contributed by atoms with E-state index in [4.69, 9.17) is 9.47 Å². The molecule has 45 heavy (non-hydrogen) atoms. The molecule has 0 spiro atoms. The highest BCUT2D eigenvalue weighted by atomic mass is 16.6. The van der Waals surface area contributed by atoms with Crippen molar-refractivity contribution in [2.45, 2.75) is 50.8 Å². The second-order valence-electron chi connectivity index (χ2n) is 11.1. The standard InChI is InChI=1S/C35H44N4O6/c1-4-39(5-2)35(43)45-24-28-23-44-29(22-36-28)21-20-25-14-12-13-19-30(25)37-33(40)32(38(3)34(41)42)31(26-15-8-6-9-16-26)27-17-10-7-11-18-27/h6-19,28-29,31-32,36H,4-5,20-24H2,1-3H3,(H,37,40)(H,41,42)/t28-,29+,32-/m0/s1. The van der Waals surface area contributed by atoms with E-state index in [2.05, 4.69) is 10.6 Å². The van der Waals surface area contributed by atoms with E-state index >= 15 is 0 Å². The Kier molecular flexibility index (Phi) is 12.4. The maximum Gasteiger partial charge on any atom is 0.409 e. The zero-order chi connectivity index (χ0) is 32.2. The third kappa shape index (κ3) is 9.06. The van der Waals surface area contributed by atoms with Crippen LogP contribution in [0.25, 0.3) is 0 Å². The molecule has 3 amide bonds. The lowest BCUT2D eigenvalue weighted by atomic mass is 9.84. The third-order valence-corrected chi connectivity index (χ3v) is 8.23. The summed E-state index contributed by atoms with van der Waals surface area (Å²) in [7, 11) is 1.43. The van der Waals surface area contributed by atoms with Gasteiger partial charge < -0.3 is 30.1 Å². The second kappa shape index (κ2) is 16.6. The van der Waals surface area contributed by atoms with Gasteiger partial charge in [-0.05, 0) is 49.4 Å². The molecule has 240 valence electrons. The number of aryl methyl sites for hydroxylation is 1. The molecule has 1 saturated heterocycles. The minimum Gasteiger partial charge on any atom is -0.465 e. The third-order valence-electron chi connectivity index (χ3n) is 8.23. The molecule has 0 radical (unpaired) electrons. The Morgan fingerprint density at radius 3 is 2.11 bits per heavy atom. The largest absolute Gasteiger partial charge is 0.465 e. The number of hydrogen-bond donors (Lipinski definition) is 3. The molecule has 0 unspecified atom stereocenters. The highest BCUT2D eigenvalue weighted by Gasteiger charge is 2.37. The number of amides is 3. The summed E-state index contributed by atoms with van der Waals surface area (Å²) in [4.78, 5) is 41.2. The number of morpholine rings is 1. The number of anilines is 1. The molecule has 0 aliphatic carbocycles. The van der Waals surface area contributed by atoms with Crippen LogP contribution in [0.15, 0.2) is 84.9 Å². The molecular weight excluding hydrogens is 572 g/mol. The number of para-hydroxylation sites is 1. The molecule has 1 fully saturated rings. The van der Waals surface area contributed by atoms with Crippen molar-refractivity contribution < 1.29 is 29.0 Å². The van der Waals surface area contributed by atoms with Crippen LogP contribution in [0.2, 0.25) is 0 Å². The fourth-order valence-electron chi connectivity index (χ4n) is 5.64. The van der Waals surface area contributed by atoms with Crippen LogP contribution in [-0.4, -0.2) is 91.1 Å². The number of carbonyl (C=O) groups excluding carboxylic acids is 2. The predicted molar refractivity (Wildman–Crippen MR) is 173 cm³/mol. The molecule has 3 aromatic carbocycles. The van der Waals surface area contributed by atoms with Crippen molar-refractivity contribution in [2.75, 3.05) is 45.2 Å². The number of benzene rings is 3. The van der Waals surface area contributed by atoms with Gasteiger partial charge in [-0.25, -0.2) is 9.59 Å². The topological polar surface area (TPSA) is 120 Å². The zero-order valence-electron chi connectivity index (χ0n) is 26.2. The van der Waals surface area contributed by atoms with E-state index in [1.165, 1.54) is 7.05 Å². The molecule has 0 saturated carbocycles. The number of rotatable bonds is 13. The first-order valence-electron chi connectivity index (χ1n) is 15.5. The minimum absolute atomic E-state index is 0.0464. The van der Waals surface area contributed by atoms with Crippen LogP contribution in [0.3, 0.4) is 0 Å². The molecule has 1 aliphatic rings. The Balaban J connectivity index is 1.43. The number of hydrogen-bond acceptors (Lipinski definition) is 6. The highest BCUT2D eigenvalue weighted by molar-refractivity contribution is 5.98. The van der Waals surface area contributed by atoms with Crippen molar-refractivity contribution in [1.29, 1.82) is 0 Å². The van der Waals surface area contributed by atoms with Crippen molar-refractivity contribution in [3.8, 4) is 0 Å². The molecule has 0 aromatic heterocycles.